The zero-order chi connectivity index (χ0) is 19.9. The van der Waals surface area contributed by atoms with E-state index in [1.165, 1.54) is 49.6 Å². The minimum absolute atomic E-state index is 0.0261. The van der Waals surface area contributed by atoms with Crippen LogP contribution in [0.5, 0.6) is 11.5 Å². The van der Waals surface area contributed by atoms with Gasteiger partial charge in [-0.25, -0.2) is 4.79 Å². The maximum atomic E-state index is 12.4. The topological polar surface area (TPSA) is 78.9 Å². The first kappa shape index (κ1) is 20.8. The Morgan fingerprint density at radius 1 is 1.11 bits per heavy atom. The molecule has 0 aliphatic carbocycles. The SMILES string of the molecule is CCCOC(=O)/C=C/c1ccc(OS(=O)(=O)c2ccc(Cl)cc2)c(OC)c1. The number of rotatable bonds is 8. The van der Waals surface area contributed by atoms with Crippen molar-refractivity contribution in [3.63, 3.8) is 0 Å². The Balaban J connectivity index is 2.19. The zero-order valence-corrected chi connectivity index (χ0v) is 16.4. The van der Waals surface area contributed by atoms with E-state index in [-0.39, 0.29) is 16.4 Å². The van der Waals surface area contributed by atoms with Gasteiger partial charge < -0.3 is 13.7 Å². The van der Waals surface area contributed by atoms with Crippen LogP contribution in [-0.2, 0) is 19.6 Å². The van der Waals surface area contributed by atoms with Crippen molar-refractivity contribution in [2.75, 3.05) is 13.7 Å². The van der Waals surface area contributed by atoms with E-state index in [9.17, 15) is 13.2 Å². The Labute approximate surface area is 163 Å². The molecule has 0 radical (unpaired) electrons. The van der Waals surface area contributed by atoms with Gasteiger partial charge in [-0.3, -0.25) is 0 Å². The molecule has 0 N–H and O–H groups in total. The molecule has 0 aromatic heterocycles. The average molecular weight is 411 g/mol. The molecule has 2 aromatic rings. The quantitative estimate of drug-likeness (QED) is 0.370. The molecule has 0 saturated heterocycles. The van der Waals surface area contributed by atoms with E-state index in [0.717, 1.165) is 6.42 Å². The minimum atomic E-state index is -4.04. The van der Waals surface area contributed by atoms with E-state index in [4.69, 9.17) is 25.3 Å². The molecule has 0 atom stereocenters. The van der Waals surface area contributed by atoms with E-state index in [2.05, 4.69) is 0 Å². The van der Waals surface area contributed by atoms with Crippen LogP contribution < -0.4 is 8.92 Å². The first-order valence-corrected chi connectivity index (χ1v) is 9.87. The van der Waals surface area contributed by atoms with Crippen LogP contribution in [0.25, 0.3) is 6.08 Å². The maximum Gasteiger partial charge on any atom is 0.339 e. The van der Waals surface area contributed by atoms with Crippen molar-refractivity contribution >= 4 is 33.8 Å². The fraction of sp³-hybridized carbons (Fsp3) is 0.211. The molecule has 0 bridgehead atoms. The predicted molar refractivity (Wildman–Crippen MR) is 103 cm³/mol. The number of hydrogen-bond donors (Lipinski definition) is 0. The van der Waals surface area contributed by atoms with Gasteiger partial charge in [-0.15, -0.1) is 0 Å². The number of esters is 1. The third-order valence-corrected chi connectivity index (χ3v) is 4.85. The van der Waals surface area contributed by atoms with Gasteiger partial charge >= 0.3 is 16.1 Å². The van der Waals surface area contributed by atoms with Crippen LogP contribution in [0.1, 0.15) is 18.9 Å². The van der Waals surface area contributed by atoms with Gasteiger partial charge in [-0.05, 0) is 54.5 Å². The van der Waals surface area contributed by atoms with Crippen molar-refractivity contribution in [2.24, 2.45) is 0 Å². The van der Waals surface area contributed by atoms with Gasteiger partial charge in [0.1, 0.15) is 4.90 Å². The number of benzene rings is 2. The minimum Gasteiger partial charge on any atom is -0.493 e. The summed E-state index contributed by atoms with van der Waals surface area (Å²) in [5.41, 5.74) is 0.622. The molecule has 27 heavy (non-hydrogen) atoms. The van der Waals surface area contributed by atoms with Crippen molar-refractivity contribution in [2.45, 2.75) is 18.2 Å². The molecule has 0 spiro atoms. The number of hydrogen-bond acceptors (Lipinski definition) is 6. The summed E-state index contributed by atoms with van der Waals surface area (Å²) < 4.78 is 40.1. The van der Waals surface area contributed by atoms with E-state index in [1.54, 1.807) is 12.1 Å². The van der Waals surface area contributed by atoms with Crippen LogP contribution in [0.2, 0.25) is 5.02 Å². The highest BCUT2D eigenvalue weighted by Gasteiger charge is 2.19. The summed E-state index contributed by atoms with van der Waals surface area (Å²) in [6.07, 6.45) is 3.56. The lowest BCUT2D eigenvalue weighted by atomic mass is 10.2. The Kier molecular flexibility index (Phi) is 7.27. The van der Waals surface area contributed by atoms with Crippen LogP contribution >= 0.6 is 11.6 Å². The van der Waals surface area contributed by atoms with Gasteiger partial charge in [0, 0.05) is 11.1 Å². The average Bonchev–Trinajstić information content (AvgIpc) is 2.65. The van der Waals surface area contributed by atoms with Crippen LogP contribution in [0.4, 0.5) is 0 Å². The van der Waals surface area contributed by atoms with Gasteiger partial charge in [0.2, 0.25) is 0 Å². The van der Waals surface area contributed by atoms with Gasteiger partial charge in [0.15, 0.2) is 11.5 Å². The molecule has 0 amide bonds. The molecule has 8 heteroatoms. The second-order valence-electron chi connectivity index (χ2n) is 5.40. The van der Waals surface area contributed by atoms with Gasteiger partial charge in [-0.2, -0.15) is 8.42 Å². The molecule has 6 nitrogen and oxygen atoms in total. The van der Waals surface area contributed by atoms with Crippen LogP contribution in [0.15, 0.2) is 53.4 Å². The molecule has 0 unspecified atom stereocenters. The fourth-order valence-electron chi connectivity index (χ4n) is 2.04. The van der Waals surface area contributed by atoms with Gasteiger partial charge in [0.05, 0.1) is 13.7 Å². The normalized spacial score (nSPS) is 11.4. The van der Waals surface area contributed by atoms with Gasteiger partial charge in [0.25, 0.3) is 0 Å². The number of carbonyl (C=O) groups is 1. The van der Waals surface area contributed by atoms with E-state index < -0.39 is 16.1 Å². The van der Waals surface area contributed by atoms with Gasteiger partial charge in [-0.1, -0.05) is 24.6 Å². The molecule has 144 valence electrons. The standard InChI is InChI=1S/C19H19ClO6S/c1-3-12-25-19(21)11-5-14-4-10-17(18(13-14)24-2)26-27(22,23)16-8-6-15(20)7-9-16/h4-11,13H,3,12H2,1-2H3/b11-5+. The molecule has 0 heterocycles. The van der Waals surface area contributed by atoms with Crippen LogP contribution in [0, 0.1) is 0 Å². The smallest absolute Gasteiger partial charge is 0.339 e. The summed E-state index contributed by atoms with van der Waals surface area (Å²) in [6, 6.07) is 10.2. The molecule has 0 aliphatic heterocycles. The lowest BCUT2D eigenvalue weighted by Crippen LogP contribution is -2.10. The summed E-state index contributed by atoms with van der Waals surface area (Å²) >= 11 is 5.77. The lowest BCUT2D eigenvalue weighted by Gasteiger charge is -2.11. The Bertz CT molecular complexity index is 920. The summed E-state index contributed by atoms with van der Waals surface area (Å²) in [5, 5.41) is 0.417. The van der Waals surface area contributed by atoms with Crippen LogP contribution in [0.3, 0.4) is 0 Å². The number of ether oxygens (including phenoxy) is 2. The van der Waals surface area contributed by atoms with E-state index >= 15 is 0 Å². The molecule has 2 aromatic carbocycles. The molecule has 0 fully saturated rings. The highest BCUT2D eigenvalue weighted by molar-refractivity contribution is 7.87. The third-order valence-electron chi connectivity index (χ3n) is 3.35. The van der Waals surface area contributed by atoms with Crippen molar-refractivity contribution < 1.29 is 26.9 Å². The first-order chi connectivity index (χ1) is 12.9. The maximum absolute atomic E-state index is 12.4. The number of methoxy groups -OCH3 is 1. The van der Waals surface area contributed by atoms with Crippen LogP contribution in [-0.4, -0.2) is 28.1 Å². The Morgan fingerprint density at radius 3 is 2.44 bits per heavy atom. The Morgan fingerprint density at radius 2 is 1.81 bits per heavy atom. The summed E-state index contributed by atoms with van der Waals surface area (Å²) in [6.45, 7) is 2.25. The zero-order valence-electron chi connectivity index (χ0n) is 14.8. The van der Waals surface area contributed by atoms with E-state index in [1.807, 2.05) is 6.92 Å². The first-order valence-electron chi connectivity index (χ1n) is 8.08. The van der Waals surface area contributed by atoms with Crippen molar-refractivity contribution in [1.82, 2.24) is 0 Å². The monoisotopic (exact) mass is 410 g/mol. The predicted octanol–water partition coefficient (Wildman–Crippen LogP) is 4.08. The molecule has 0 aliphatic rings. The van der Waals surface area contributed by atoms with Crippen molar-refractivity contribution in [3.8, 4) is 11.5 Å². The summed E-state index contributed by atoms with van der Waals surface area (Å²) in [4.78, 5) is 11.5. The molecular weight excluding hydrogens is 392 g/mol. The van der Waals surface area contributed by atoms with Crippen molar-refractivity contribution in [3.05, 3.63) is 59.1 Å². The fourth-order valence-corrected chi connectivity index (χ4v) is 3.11. The van der Waals surface area contributed by atoms with Crippen molar-refractivity contribution in [1.29, 1.82) is 0 Å². The molecule has 2 rings (SSSR count). The highest BCUT2D eigenvalue weighted by Crippen LogP contribution is 2.31. The highest BCUT2D eigenvalue weighted by atomic mass is 35.5. The largest absolute Gasteiger partial charge is 0.493 e. The second-order valence-corrected chi connectivity index (χ2v) is 7.39. The summed E-state index contributed by atoms with van der Waals surface area (Å²) in [5.74, 6) is -0.226. The summed E-state index contributed by atoms with van der Waals surface area (Å²) in [7, 11) is -2.65. The molecule has 0 saturated carbocycles. The number of halogens is 1. The second kappa shape index (κ2) is 9.43. The lowest BCUT2D eigenvalue weighted by molar-refractivity contribution is -0.137. The third kappa shape index (κ3) is 6.01. The van der Waals surface area contributed by atoms with E-state index in [0.29, 0.717) is 17.2 Å². The number of carbonyl (C=O) groups excluding carboxylic acids is 1. The molecular formula is C19H19ClO6S. The Hall–Kier alpha value is -2.51.